The number of rotatable bonds is 8. The molecule has 8 nitrogen and oxygen atoms in total. The molecule has 0 spiro atoms. The van der Waals surface area contributed by atoms with Crippen molar-refractivity contribution in [1.82, 2.24) is 0 Å². The maximum absolute atomic E-state index is 12.5. The molecule has 0 saturated heterocycles. The van der Waals surface area contributed by atoms with Crippen LogP contribution in [0.2, 0.25) is 0 Å². The molecule has 0 aromatic heterocycles. The first-order valence-electron chi connectivity index (χ1n) is 6.24. The molecular formula is C14H12N2O6S. The van der Waals surface area contributed by atoms with Gasteiger partial charge in [-0.05, 0) is 30.3 Å². The number of hydrogen-bond acceptors (Lipinski definition) is 8. The molecule has 0 aliphatic carbocycles. The number of hydrogen-bond donors (Lipinski definition) is 2. The van der Waals surface area contributed by atoms with E-state index in [0.717, 1.165) is 0 Å². The summed E-state index contributed by atoms with van der Waals surface area (Å²) in [6.45, 7) is 0.279. The Morgan fingerprint density at radius 1 is 0.783 bits per heavy atom. The van der Waals surface area contributed by atoms with Crippen molar-refractivity contribution in [1.29, 1.82) is 0 Å². The van der Waals surface area contributed by atoms with E-state index in [1.54, 1.807) is 18.2 Å². The summed E-state index contributed by atoms with van der Waals surface area (Å²) in [4.78, 5) is 29.4. The number of sulfone groups is 1. The van der Waals surface area contributed by atoms with E-state index in [2.05, 4.69) is 20.6 Å². The zero-order valence-corrected chi connectivity index (χ0v) is 12.4. The van der Waals surface area contributed by atoms with Crippen molar-refractivity contribution in [2.45, 2.75) is 9.79 Å². The second-order valence-electron chi connectivity index (χ2n) is 4.16. The Morgan fingerprint density at radius 2 is 1.39 bits per heavy atom. The molecule has 0 heterocycles. The van der Waals surface area contributed by atoms with Crippen LogP contribution >= 0.6 is 0 Å². The van der Waals surface area contributed by atoms with E-state index in [1.165, 1.54) is 30.3 Å². The third kappa shape index (κ3) is 3.77. The number of carbonyl (C=O) groups is 2. The average Bonchev–Trinajstić information content (AvgIpc) is 2.59. The van der Waals surface area contributed by atoms with Crippen molar-refractivity contribution < 1.29 is 27.7 Å². The molecule has 2 aromatic rings. The van der Waals surface area contributed by atoms with E-state index in [0.29, 0.717) is 0 Å². The summed E-state index contributed by atoms with van der Waals surface area (Å²) in [5, 5.41) is 0. The average molecular weight is 336 g/mol. The lowest BCUT2D eigenvalue weighted by Crippen LogP contribution is -2.08. The number of carbonyl (C=O) groups excluding carboxylic acids is 2. The standard InChI is InChI=1S/C14H12N2O6S/c17-9-21-15-13-7-6-12(8-14(13)16-22-10-18)23(19,20)11-4-2-1-3-5-11/h1-10,15-16H. The van der Waals surface area contributed by atoms with Gasteiger partial charge >= 0.3 is 12.9 Å². The highest BCUT2D eigenvalue weighted by Crippen LogP contribution is 2.28. The first-order chi connectivity index (χ1) is 11.1. The minimum Gasteiger partial charge on any atom is -0.347 e. The van der Waals surface area contributed by atoms with Gasteiger partial charge in [-0.25, -0.2) is 19.4 Å². The van der Waals surface area contributed by atoms with E-state index >= 15 is 0 Å². The molecule has 23 heavy (non-hydrogen) atoms. The zero-order valence-electron chi connectivity index (χ0n) is 11.6. The van der Waals surface area contributed by atoms with Crippen LogP contribution < -0.4 is 11.0 Å². The Hall–Kier alpha value is -3.07. The van der Waals surface area contributed by atoms with Crippen molar-refractivity contribution in [3.05, 3.63) is 48.5 Å². The van der Waals surface area contributed by atoms with Crippen LogP contribution in [0.15, 0.2) is 58.3 Å². The van der Waals surface area contributed by atoms with Gasteiger partial charge in [-0.1, -0.05) is 18.2 Å². The first kappa shape index (κ1) is 16.3. The van der Waals surface area contributed by atoms with Gasteiger partial charge in [0, 0.05) is 0 Å². The van der Waals surface area contributed by atoms with Gasteiger partial charge in [0.05, 0.1) is 21.2 Å². The van der Waals surface area contributed by atoms with Crippen LogP contribution in [-0.4, -0.2) is 21.4 Å². The predicted molar refractivity (Wildman–Crippen MR) is 79.9 cm³/mol. The quantitative estimate of drug-likeness (QED) is 0.551. The third-order valence-corrected chi connectivity index (χ3v) is 4.56. The SMILES string of the molecule is O=CONc1ccc(S(=O)(=O)c2ccccc2)cc1NOC=O. The molecule has 0 atom stereocenters. The lowest BCUT2D eigenvalue weighted by atomic mass is 10.3. The smallest absolute Gasteiger partial charge is 0.320 e. The maximum Gasteiger partial charge on any atom is 0.320 e. The molecule has 0 fully saturated rings. The summed E-state index contributed by atoms with van der Waals surface area (Å²) in [6.07, 6.45) is 0. The van der Waals surface area contributed by atoms with Crippen LogP contribution in [0.3, 0.4) is 0 Å². The zero-order chi connectivity index (χ0) is 16.7. The second-order valence-corrected chi connectivity index (χ2v) is 6.11. The molecule has 0 aliphatic heterocycles. The topological polar surface area (TPSA) is 111 Å². The lowest BCUT2D eigenvalue weighted by molar-refractivity contribution is -0.127. The van der Waals surface area contributed by atoms with Gasteiger partial charge in [0.25, 0.3) is 0 Å². The van der Waals surface area contributed by atoms with Crippen LogP contribution in [-0.2, 0) is 29.1 Å². The summed E-state index contributed by atoms with van der Waals surface area (Å²) in [5.41, 5.74) is 4.81. The molecule has 0 bridgehead atoms. The van der Waals surface area contributed by atoms with Crippen molar-refractivity contribution in [3.63, 3.8) is 0 Å². The van der Waals surface area contributed by atoms with Crippen LogP contribution in [0.25, 0.3) is 0 Å². The summed E-state index contributed by atoms with van der Waals surface area (Å²) >= 11 is 0. The van der Waals surface area contributed by atoms with Crippen molar-refractivity contribution >= 4 is 34.2 Å². The van der Waals surface area contributed by atoms with Crippen LogP contribution in [0, 0.1) is 0 Å². The molecule has 2 aromatic carbocycles. The molecule has 2 N–H and O–H groups in total. The van der Waals surface area contributed by atoms with Gasteiger partial charge in [-0.2, -0.15) is 0 Å². The lowest BCUT2D eigenvalue weighted by Gasteiger charge is -2.12. The van der Waals surface area contributed by atoms with Crippen molar-refractivity contribution in [2.75, 3.05) is 11.0 Å². The molecule has 9 heteroatoms. The fourth-order valence-corrected chi connectivity index (χ4v) is 3.08. The molecular weight excluding hydrogens is 324 g/mol. The molecule has 2 rings (SSSR count). The van der Waals surface area contributed by atoms with E-state index < -0.39 is 9.84 Å². The Kier molecular flexibility index (Phi) is 5.15. The highest BCUT2D eigenvalue weighted by Gasteiger charge is 2.19. The van der Waals surface area contributed by atoms with Crippen LogP contribution in [0.5, 0.6) is 0 Å². The third-order valence-electron chi connectivity index (χ3n) is 2.79. The number of nitrogens with one attached hydrogen (secondary N) is 2. The van der Waals surface area contributed by atoms with E-state index in [4.69, 9.17) is 0 Å². The van der Waals surface area contributed by atoms with Gasteiger partial charge < -0.3 is 9.68 Å². The first-order valence-corrected chi connectivity index (χ1v) is 7.72. The Balaban J connectivity index is 2.43. The Labute approximate surface area is 131 Å². The van der Waals surface area contributed by atoms with Gasteiger partial charge in [0.15, 0.2) is 0 Å². The van der Waals surface area contributed by atoms with Gasteiger partial charge in [-0.15, -0.1) is 0 Å². The summed E-state index contributed by atoms with van der Waals surface area (Å²) in [5.74, 6) is 0. The number of anilines is 2. The van der Waals surface area contributed by atoms with Crippen LogP contribution in [0.1, 0.15) is 0 Å². The number of benzene rings is 2. The summed E-state index contributed by atoms with van der Waals surface area (Å²) in [7, 11) is -3.75. The summed E-state index contributed by atoms with van der Waals surface area (Å²) in [6, 6.07) is 11.8. The van der Waals surface area contributed by atoms with E-state index in [1.807, 2.05) is 0 Å². The van der Waals surface area contributed by atoms with E-state index in [9.17, 15) is 18.0 Å². The molecule has 0 saturated carbocycles. The van der Waals surface area contributed by atoms with Crippen molar-refractivity contribution in [3.8, 4) is 0 Å². The largest absolute Gasteiger partial charge is 0.347 e. The normalized spacial score (nSPS) is 10.4. The summed E-state index contributed by atoms with van der Waals surface area (Å²) < 4.78 is 25.1. The minimum absolute atomic E-state index is 0.0302. The van der Waals surface area contributed by atoms with Crippen LogP contribution in [0.4, 0.5) is 11.4 Å². The molecule has 0 amide bonds. The molecule has 0 aliphatic rings. The van der Waals surface area contributed by atoms with E-state index in [-0.39, 0.29) is 34.1 Å². The fraction of sp³-hybridized carbons (Fsp3) is 0. The molecule has 120 valence electrons. The Bertz CT molecular complexity index is 792. The van der Waals surface area contributed by atoms with Gasteiger partial charge in [0.1, 0.15) is 0 Å². The highest BCUT2D eigenvalue weighted by molar-refractivity contribution is 7.91. The second kappa shape index (κ2) is 7.27. The predicted octanol–water partition coefficient (Wildman–Crippen LogP) is 1.52. The van der Waals surface area contributed by atoms with Gasteiger partial charge in [0.2, 0.25) is 9.84 Å². The fourth-order valence-electron chi connectivity index (χ4n) is 1.77. The molecule has 0 radical (unpaired) electrons. The Morgan fingerprint density at radius 3 is 2.00 bits per heavy atom. The monoisotopic (exact) mass is 336 g/mol. The van der Waals surface area contributed by atoms with Crippen molar-refractivity contribution in [2.24, 2.45) is 0 Å². The highest BCUT2D eigenvalue weighted by atomic mass is 32.2. The molecule has 0 unspecified atom stereocenters. The van der Waals surface area contributed by atoms with Gasteiger partial charge in [-0.3, -0.25) is 9.59 Å². The minimum atomic E-state index is -3.75. The maximum atomic E-state index is 12.5.